The molecule has 0 aromatic rings. The number of nitrogens with one attached hydrogen (secondary N) is 1. The Morgan fingerprint density at radius 2 is 2.00 bits per heavy atom. The van der Waals surface area contributed by atoms with Crippen LogP contribution in [0.5, 0.6) is 0 Å². The van der Waals surface area contributed by atoms with Gasteiger partial charge in [-0.3, -0.25) is 9.59 Å². The number of amides is 2. The molecule has 2 atom stereocenters. The molecule has 2 unspecified atom stereocenters. The topological polar surface area (TPSA) is 69.6 Å². The third kappa shape index (κ3) is 3.72. The lowest BCUT2D eigenvalue weighted by Crippen LogP contribution is -2.50. The van der Waals surface area contributed by atoms with Gasteiger partial charge in [0.05, 0.1) is 12.6 Å². The summed E-state index contributed by atoms with van der Waals surface area (Å²) < 4.78 is 0. The van der Waals surface area contributed by atoms with Crippen molar-refractivity contribution in [3.8, 4) is 0 Å². The summed E-state index contributed by atoms with van der Waals surface area (Å²) in [6.45, 7) is 4.77. The highest BCUT2D eigenvalue weighted by Gasteiger charge is 2.41. The van der Waals surface area contributed by atoms with Crippen molar-refractivity contribution in [1.29, 1.82) is 0 Å². The third-order valence-corrected chi connectivity index (χ3v) is 4.09. The predicted octanol–water partition coefficient (Wildman–Crippen LogP) is 0.911. The SMILES string of the molecule is CC(C)CC(CO)NC(=O)C1CCCN1C(=O)C1CC1. The average Bonchev–Trinajstić information content (AvgIpc) is 3.13. The van der Waals surface area contributed by atoms with E-state index < -0.39 is 0 Å². The molecule has 20 heavy (non-hydrogen) atoms. The fourth-order valence-electron chi connectivity index (χ4n) is 2.91. The number of hydrogen-bond acceptors (Lipinski definition) is 3. The van der Waals surface area contributed by atoms with Crippen LogP contribution in [0, 0.1) is 11.8 Å². The van der Waals surface area contributed by atoms with Gasteiger partial charge in [0.15, 0.2) is 0 Å². The number of aliphatic hydroxyl groups excluding tert-OH is 1. The van der Waals surface area contributed by atoms with E-state index >= 15 is 0 Å². The molecule has 2 fully saturated rings. The van der Waals surface area contributed by atoms with E-state index in [1.54, 1.807) is 4.90 Å². The number of likely N-dealkylation sites (tertiary alicyclic amines) is 1. The third-order valence-electron chi connectivity index (χ3n) is 4.09. The molecule has 1 aliphatic heterocycles. The summed E-state index contributed by atoms with van der Waals surface area (Å²) in [6.07, 6.45) is 4.33. The number of aliphatic hydroxyl groups is 1. The Balaban J connectivity index is 1.91. The highest BCUT2D eigenvalue weighted by atomic mass is 16.3. The van der Waals surface area contributed by atoms with Crippen LogP contribution in [-0.4, -0.2) is 47.1 Å². The molecule has 2 rings (SSSR count). The molecule has 114 valence electrons. The van der Waals surface area contributed by atoms with Crippen LogP contribution >= 0.6 is 0 Å². The molecular weight excluding hydrogens is 256 g/mol. The van der Waals surface area contributed by atoms with Crippen LogP contribution in [0.2, 0.25) is 0 Å². The van der Waals surface area contributed by atoms with Crippen molar-refractivity contribution in [2.45, 2.75) is 58.0 Å². The van der Waals surface area contributed by atoms with Crippen molar-refractivity contribution in [2.24, 2.45) is 11.8 Å². The highest BCUT2D eigenvalue weighted by molar-refractivity contribution is 5.90. The van der Waals surface area contributed by atoms with Gasteiger partial charge in [0.2, 0.25) is 11.8 Å². The lowest BCUT2D eigenvalue weighted by Gasteiger charge is -2.26. The zero-order chi connectivity index (χ0) is 14.7. The minimum atomic E-state index is -0.329. The first-order valence-corrected chi connectivity index (χ1v) is 7.74. The summed E-state index contributed by atoms with van der Waals surface area (Å²) in [5, 5.41) is 12.2. The molecule has 2 amide bonds. The van der Waals surface area contributed by atoms with E-state index in [9.17, 15) is 14.7 Å². The normalized spacial score (nSPS) is 24.0. The fourth-order valence-corrected chi connectivity index (χ4v) is 2.91. The lowest BCUT2D eigenvalue weighted by atomic mass is 10.0. The molecule has 0 radical (unpaired) electrons. The largest absolute Gasteiger partial charge is 0.394 e. The Morgan fingerprint density at radius 1 is 1.30 bits per heavy atom. The smallest absolute Gasteiger partial charge is 0.243 e. The molecule has 1 saturated heterocycles. The van der Waals surface area contributed by atoms with Gasteiger partial charge in [-0.2, -0.15) is 0 Å². The zero-order valence-corrected chi connectivity index (χ0v) is 12.5. The standard InChI is InChI=1S/C15H26N2O3/c1-10(2)8-12(9-18)16-14(19)13-4-3-7-17(13)15(20)11-5-6-11/h10-13,18H,3-9H2,1-2H3,(H,16,19). The Labute approximate surface area is 120 Å². The second-order valence-corrected chi connectivity index (χ2v) is 6.48. The molecule has 1 aliphatic carbocycles. The van der Waals surface area contributed by atoms with Gasteiger partial charge in [-0.15, -0.1) is 0 Å². The molecule has 1 heterocycles. The highest BCUT2D eigenvalue weighted by Crippen LogP contribution is 2.33. The summed E-state index contributed by atoms with van der Waals surface area (Å²) in [6, 6.07) is -0.537. The number of hydrogen-bond donors (Lipinski definition) is 2. The van der Waals surface area contributed by atoms with Crippen molar-refractivity contribution in [3.63, 3.8) is 0 Å². The molecule has 0 aromatic heterocycles. The van der Waals surface area contributed by atoms with Gasteiger partial charge in [-0.25, -0.2) is 0 Å². The Morgan fingerprint density at radius 3 is 2.55 bits per heavy atom. The molecule has 5 nitrogen and oxygen atoms in total. The number of carbonyl (C=O) groups is 2. The van der Waals surface area contributed by atoms with Gasteiger partial charge in [0.25, 0.3) is 0 Å². The van der Waals surface area contributed by atoms with Crippen molar-refractivity contribution in [2.75, 3.05) is 13.2 Å². The van der Waals surface area contributed by atoms with E-state index in [1.165, 1.54) is 0 Å². The maximum atomic E-state index is 12.3. The maximum absolute atomic E-state index is 12.3. The summed E-state index contributed by atoms with van der Waals surface area (Å²) in [5.41, 5.74) is 0. The summed E-state index contributed by atoms with van der Waals surface area (Å²) in [7, 11) is 0. The van der Waals surface area contributed by atoms with E-state index in [0.717, 1.165) is 32.1 Å². The molecule has 0 spiro atoms. The van der Waals surface area contributed by atoms with E-state index in [0.29, 0.717) is 12.5 Å². The quantitative estimate of drug-likeness (QED) is 0.761. The summed E-state index contributed by atoms with van der Waals surface area (Å²) in [5.74, 6) is 0.621. The van der Waals surface area contributed by atoms with Crippen LogP contribution in [0.4, 0.5) is 0 Å². The van der Waals surface area contributed by atoms with Crippen molar-refractivity contribution in [1.82, 2.24) is 10.2 Å². The van der Waals surface area contributed by atoms with E-state index in [4.69, 9.17) is 0 Å². The van der Waals surface area contributed by atoms with Gasteiger partial charge in [-0.05, 0) is 38.0 Å². The molecule has 5 heteroatoms. The van der Waals surface area contributed by atoms with Crippen LogP contribution in [0.15, 0.2) is 0 Å². The van der Waals surface area contributed by atoms with Gasteiger partial charge >= 0.3 is 0 Å². The number of nitrogens with zero attached hydrogens (tertiary/aromatic N) is 1. The van der Waals surface area contributed by atoms with Crippen LogP contribution < -0.4 is 5.32 Å². The van der Waals surface area contributed by atoms with Crippen molar-refractivity contribution < 1.29 is 14.7 Å². The minimum absolute atomic E-state index is 0.0484. The van der Waals surface area contributed by atoms with E-state index in [2.05, 4.69) is 19.2 Å². The fraction of sp³-hybridized carbons (Fsp3) is 0.867. The van der Waals surface area contributed by atoms with Crippen LogP contribution in [-0.2, 0) is 9.59 Å². The predicted molar refractivity (Wildman–Crippen MR) is 75.9 cm³/mol. The molecular formula is C15H26N2O3. The van der Waals surface area contributed by atoms with Gasteiger partial charge in [0, 0.05) is 12.5 Å². The first kappa shape index (κ1) is 15.3. The molecule has 0 aromatic carbocycles. The zero-order valence-electron chi connectivity index (χ0n) is 12.5. The average molecular weight is 282 g/mol. The Hall–Kier alpha value is -1.10. The minimum Gasteiger partial charge on any atom is -0.394 e. The van der Waals surface area contributed by atoms with Crippen LogP contribution in [0.25, 0.3) is 0 Å². The number of carbonyl (C=O) groups excluding carboxylic acids is 2. The van der Waals surface area contributed by atoms with Crippen molar-refractivity contribution >= 4 is 11.8 Å². The first-order valence-electron chi connectivity index (χ1n) is 7.74. The maximum Gasteiger partial charge on any atom is 0.243 e. The summed E-state index contributed by atoms with van der Waals surface area (Å²) in [4.78, 5) is 26.2. The number of rotatable bonds is 6. The Kier molecular flexibility index (Phi) is 5.02. The molecule has 2 N–H and O–H groups in total. The van der Waals surface area contributed by atoms with E-state index in [-0.39, 0.29) is 36.4 Å². The van der Waals surface area contributed by atoms with Crippen LogP contribution in [0.3, 0.4) is 0 Å². The lowest BCUT2D eigenvalue weighted by molar-refractivity contribution is -0.139. The molecule has 2 aliphatic rings. The monoisotopic (exact) mass is 282 g/mol. The summed E-state index contributed by atoms with van der Waals surface area (Å²) >= 11 is 0. The van der Waals surface area contributed by atoms with Crippen molar-refractivity contribution in [3.05, 3.63) is 0 Å². The second kappa shape index (κ2) is 6.57. The first-order chi connectivity index (χ1) is 9.52. The van der Waals surface area contributed by atoms with Gasteiger partial charge in [-0.1, -0.05) is 13.8 Å². The second-order valence-electron chi connectivity index (χ2n) is 6.48. The Bertz CT molecular complexity index is 366. The van der Waals surface area contributed by atoms with Gasteiger partial charge < -0.3 is 15.3 Å². The molecule has 1 saturated carbocycles. The van der Waals surface area contributed by atoms with Crippen LogP contribution in [0.1, 0.15) is 46.0 Å². The van der Waals surface area contributed by atoms with Gasteiger partial charge in [0.1, 0.15) is 6.04 Å². The molecule has 0 bridgehead atoms. The van der Waals surface area contributed by atoms with E-state index in [1.807, 2.05) is 0 Å².